The summed E-state index contributed by atoms with van der Waals surface area (Å²) >= 11 is 0. The van der Waals surface area contributed by atoms with E-state index in [1.807, 2.05) is 6.92 Å². The lowest BCUT2D eigenvalue weighted by molar-refractivity contribution is -0.136. The number of carbonyl (C=O) groups is 1. The first-order valence-electron chi connectivity index (χ1n) is 5.21. The van der Waals surface area contributed by atoms with Crippen molar-refractivity contribution in [2.75, 3.05) is 32.1 Å². The topological polar surface area (TPSA) is 83.9 Å². The van der Waals surface area contributed by atoms with Crippen LogP contribution in [0.15, 0.2) is 0 Å². The summed E-state index contributed by atoms with van der Waals surface area (Å²) in [5.74, 6) is -1.47. The molecular formula is C9H19NO5S. The lowest BCUT2D eigenvalue weighted by atomic mass is 10.5. The Labute approximate surface area is 96.2 Å². The van der Waals surface area contributed by atoms with Gasteiger partial charge < -0.3 is 9.84 Å². The van der Waals surface area contributed by atoms with Crippen LogP contribution in [0, 0.1) is 0 Å². The van der Waals surface area contributed by atoms with Gasteiger partial charge in [0.15, 0.2) is 0 Å². The number of nitrogens with zero attached hydrogens (tertiary/aromatic N) is 1. The molecule has 0 amide bonds. The van der Waals surface area contributed by atoms with Crippen molar-refractivity contribution in [1.82, 2.24) is 4.31 Å². The Bertz CT molecular complexity index is 301. The maximum atomic E-state index is 11.7. The first-order chi connectivity index (χ1) is 7.44. The van der Waals surface area contributed by atoms with E-state index in [1.165, 1.54) is 4.31 Å². The fourth-order valence-electron chi connectivity index (χ4n) is 1.15. The molecule has 0 aliphatic rings. The molecule has 0 saturated heterocycles. The minimum Gasteiger partial charge on any atom is -0.481 e. The summed E-state index contributed by atoms with van der Waals surface area (Å²) in [5, 5.41) is 8.44. The van der Waals surface area contributed by atoms with Gasteiger partial charge in [0.05, 0.1) is 18.8 Å². The van der Waals surface area contributed by atoms with Gasteiger partial charge in [0.25, 0.3) is 0 Å². The average molecular weight is 253 g/mol. The molecular weight excluding hydrogens is 234 g/mol. The van der Waals surface area contributed by atoms with Crippen molar-refractivity contribution >= 4 is 16.0 Å². The number of rotatable bonds is 9. The molecule has 1 N–H and O–H groups in total. The van der Waals surface area contributed by atoms with Crippen LogP contribution in [0.3, 0.4) is 0 Å². The van der Waals surface area contributed by atoms with Crippen LogP contribution in [0.25, 0.3) is 0 Å². The Kier molecular flexibility index (Phi) is 7.27. The third-order valence-electron chi connectivity index (χ3n) is 2.01. The molecule has 6 nitrogen and oxygen atoms in total. The summed E-state index contributed by atoms with van der Waals surface area (Å²) in [6, 6.07) is 0. The Balaban J connectivity index is 4.25. The van der Waals surface area contributed by atoms with E-state index in [9.17, 15) is 13.2 Å². The van der Waals surface area contributed by atoms with Crippen LogP contribution in [0.5, 0.6) is 0 Å². The van der Waals surface area contributed by atoms with E-state index in [2.05, 4.69) is 0 Å². The second-order valence-corrected chi connectivity index (χ2v) is 5.24. The molecule has 0 saturated carbocycles. The number of ether oxygens (including phenoxy) is 1. The Hall–Kier alpha value is -0.660. The van der Waals surface area contributed by atoms with Gasteiger partial charge in [-0.3, -0.25) is 4.79 Å². The number of likely N-dealkylation sites (N-methyl/N-ethyl adjacent to an activating group) is 1. The molecule has 0 unspecified atom stereocenters. The van der Waals surface area contributed by atoms with Crippen LogP contribution in [0.1, 0.15) is 20.3 Å². The number of aliphatic carboxylic acids is 1. The van der Waals surface area contributed by atoms with Crippen LogP contribution < -0.4 is 0 Å². The summed E-state index contributed by atoms with van der Waals surface area (Å²) in [5.41, 5.74) is 0. The lowest BCUT2D eigenvalue weighted by Gasteiger charge is -2.19. The zero-order valence-corrected chi connectivity index (χ0v) is 10.5. The summed E-state index contributed by atoms with van der Waals surface area (Å²) in [6.07, 6.45) is -0.368. The van der Waals surface area contributed by atoms with Crippen molar-refractivity contribution in [3.63, 3.8) is 0 Å². The predicted octanol–water partition coefficient (Wildman–Crippen LogP) is 0.149. The quantitative estimate of drug-likeness (QED) is 0.591. The van der Waals surface area contributed by atoms with Gasteiger partial charge in [-0.05, 0) is 6.92 Å². The molecule has 0 aromatic heterocycles. The molecule has 0 spiro atoms. The number of sulfonamides is 1. The van der Waals surface area contributed by atoms with E-state index < -0.39 is 16.0 Å². The molecule has 0 aromatic carbocycles. The van der Waals surface area contributed by atoms with E-state index in [1.54, 1.807) is 6.92 Å². The highest BCUT2D eigenvalue weighted by molar-refractivity contribution is 7.89. The number of carboxylic acid groups (broad SMARTS) is 1. The van der Waals surface area contributed by atoms with Gasteiger partial charge >= 0.3 is 5.97 Å². The first kappa shape index (κ1) is 15.3. The Morgan fingerprint density at radius 1 is 1.38 bits per heavy atom. The summed E-state index contributed by atoms with van der Waals surface area (Å²) in [7, 11) is -3.48. The monoisotopic (exact) mass is 253 g/mol. The molecule has 0 bridgehead atoms. The van der Waals surface area contributed by atoms with Crippen LogP contribution in [0.2, 0.25) is 0 Å². The maximum Gasteiger partial charge on any atom is 0.304 e. The summed E-state index contributed by atoms with van der Waals surface area (Å²) < 4.78 is 29.6. The lowest BCUT2D eigenvalue weighted by Crippen LogP contribution is -2.36. The molecule has 0 fully saturated rings. The molecule has 96 valence electrons. The second kappa shape index (κ2) is 7.59. The van der Waals surface area contributed by atoms with Crippen molar-refractivity contribution in [2.45, 2.75) is 20.3 Å². The summed E-state index contributed by atoms with van der Waals surface area (Å²) in [6.45, 7) is 5.00. The van der Waals surface area contributed by atoms with Crippen molar-refractivity contribution in [2.24, 2.45) is 0 Å². The van der Waals surface area contributed by atoms with Crippen LogP contribution >= 0.6 is 0 Å². The minimum atomic E-state index is -3.48. The van der Waals surface area contributed by atoms with Gasteiger partial charge in [-0.1, -0.05) is 6.92 Å². The molecule has 0 rings (SSSR count). The zero-order chi connectivity index (χ0) is 12.6. The smallest absolute Gasteiger partial charge is 0.304 e. The van der Waals surface area contributed by atoms with Crippen LogP contribution in [-0.2, 0) is 19.6 Å². The maximum absolute atomic E-state index is 11.7. The SMILES string of the molecule is CCOCCN(CC)S(=O)(=O)CCC(=O)O. The first-order valence-corrected chi connectivity index (χ1v) is 6.82. The Morgan fingerprint density at radius 3 is 2.44 bits per heavy atom. The van der Waals surface area contributed by atoms with Gasteiger partial charge in [0.1, 0.15) is 0 Å². The van der Waals surface area contributed by atoms with E-state index in [0.717, 1.165) is 0 Å². The third kappa shape index (κ3) is 6.04. The fourth-order valence-corrected chi connectivity index (χ4v) is 2.59. The molecule has 0 aromatic rings. The molecule has 7 heteroatoms. The van der Waals surface area contributed by atoms with Crippen LogP contribution in [-0.4, -0.2) is 55.9 Å². The highest BCUT2D eigenvalue weighted by Gasteiger charge is 2.20. The third-order valence-corrected chi connectivity index (χ3v) is 3.96. The van der Waals surface area contributed by atoms with Gasteiger partial charge in [0.2, 0.25) is 10.0 Å². The van der Waals surface area contributed by atoms with Crippen LogP contribution in [0.4, 0.5) is 0 Å². The molecule has 0 aliphatic carbocycles. The number of hydrogen-bond acceptors (Lipinski definition) is 4. The normalized spacial score (nSPS) is 11.9. The van der Waals surface area contributed by atoms with Gasteiger partial charge in [-0.2, -0.15) is 4.31 Å². The van der Waals surface area contributed by atoms with Gasteiger partial charge in [0, 0.05) is 19.7 Å². The van der Waals surface area contributed by atoms with E-state index in [-0.39, 0.29) is 18.7 Å². The Morgan fingerprint density at radius 2 is 2.00 bits per heavy atom. The zero-order valence-electron chi connectivity index (χ0n) is 9.68. The van der Waals surface area contributed by atoms with Crippen molar-refractivity contribution in [3.8, 4) is 0 Å². The molecule has 0 radical (unpaired) electrons. The van der Waals surface area contributed by atoms with Crippen molar-refractivity contribution in [3.05, 3.63) is 0 Å². The second-order valence-electron chi connectivity index (χ2n) is 3.15. The molecule has 0 heterocycles. The number of hydrogen-bond donors (Lipinski definition) is 1. The molecule has 0 atom stereocenters. The highest BCUT2D eigenvalue weighted by Crippen LogP contribution is 2.03. The average Bonchev–Trinajstić information content (AvgIpc) is 2.21. The predicted molar refractivity (Wildman–Crippen MR) is 59.8 cm³/mol. The molecule has 0 aliphatic heterocycles. The van der Waals surface area contributed by atoms with E-state index >= 15 is 0 Å². The fraction of sp³-hybridized carbons (Fsp3) is 0.889. The number of carboxylic acids is 1. The highest BCUT2D eigenvalue weighted by atomic mass is 32.2. The summed E-state index contributed by atoms with van der Waals surface area (Å²) in [4.78, 5) is 10.3. The minimum absolute atomic E-state index is 0.270. The van der Waals surface area contributed by atoms with Gasteiger partial charge in [-0.15, -0.1) is 0 Å². The largest absolute Gasteiger partial charge is 0.481 e. The van der Waals surface area contributed by atoms with Crippen molar-refractivity contribution in [1.29, 1.82) is 0 Å². The van der Waals surface area contributed by atoms with Gasteiger partial charge in [-0.25, -0.2) is 8.42 Å². The molecule has 16 heavy (non-hydrogen) atoms. The standard InChI is InChI=1S/C9H19NO5S/c1-3-10(6-7-15-4-2)16(13,14)8-5-9(11)12/h3-8H2,1-2H3,(H,11,12). The van der Waals surface area contributed by atoms with E-state index in [0.29, 0.717) is 19.8 Å². The van der Waals surface area contributed by atoms with E-state index in [4.69, 9.17) is 9.84 Å². The van der Waals surface area contributed by atoms with Crippen molar-refractivity contribution < 1.29 is 23.1 Å².